The normalized spacial score (nSPS) is 32.9. The zero-order chi connectivity index (χ0) is 16.3. The van der Waals surface area contributed by atoms with Crippen molar-refractivity contribution in [3.63, 3.8) is 0 Å². The average Bonchev–Trinajstić information content (AvgIpc) is 2.52. The van der Waals surface area contributed by atoms with Crippen LogP contribution in [0.1, 0.15) is 11.7 Å². The number of nitrogens with zero attached hydrogens (tertiary/aromatic N) is 1. The average molecular weight is 309 g/mol. The van der Waals surface area contributed by atoms with Crippen LogP contribution in [0.15, 0.2) is 30.3 Å². The van der Waals surface area contributed by atoms with E-state index in [0.717, 1.165) is 0 Å². The van der Waals surface area contributed by atoms with Crippen LogP contribution in [0, 0.1) is 11.3 Å². The largest absolute Gasteiger partial charge is 0.479 e. The topological polar surface area (TPSA) is 140 Å². The van der Waals surface area contributed by atoms with Crippen molar-refractivity contribution in [1.82, 2.24) is 0 Å². The molecule has 0 radical (unpaired) electrons. The summed E-state index contributed by atoms with van der Waals surface area (Å²) in [6.07, 6.45) is -9.72. The molecule has 0 bridgehead atoms. The molecule has 1 aliphatic rings. The zero-order valence-electron chi connectivity index (χ0n) is 11.3. The monoisotopic (exact) mass is 309 g/mol. The second kappa shape index (κ2) is 6.83. The molecule has 22 heavy (non-hydrogen) atoms. The molecule has 0 unspecified atom stereocenters. The summed E-state index contributed by atoms with van der Waals surface area (Å²) in [5.41, 5.74) is 0.480. The number of aliphatic hydroxyl groups is 3. The number of aliphatic carboxylic acids is 1. The third-order valence-electron chi connectivity index (χ3n) is 3.30. The van der Waals surface area contributed by atoms with E-state index in [2.05, 4.69) is 0 Å². The fourth-order valence-corrected chi connectivity index (χ4v) is 2.11. The van der Waals surface area contributed by atoms with E-state index in [-0.39, 0.29) is 0 Å². The fourth-order valence-electron chi connectivity index (χ4n) is 2.11. The van der Waals surface area contributed by atoms with Gasteiger partial charge >= 0.3 is 5.97 Å². The molecule has 0 spiro atoms. The maximum absolute atomic E-state index is 11.0. The van der Waals surface area contributed by atoms with Gasteiger partial charge in [-0.2, -0.15) is 5.26 Å². The van der Waals surface area contributed by atoms with Crippen LogP contribution in [0.4, 0.5) is 0 Å². The van der Waals surface area contributed by atoms with Crippen molar-refractivity contribution in [2.45, 2.75) is 36.8 Å². The van der Waals surface area contributed by atoms with Gasteiger partial charge in [-0.25, -0.2) is 4.79 Å². The molecule has 8 nitrogen and oxygen atoms in total. The molecule has 1 saturated heterocycles. The van der Waals surface area contributed by atoms with Gasteiger partial charge in [0.25, 0.3) is 0 Å². The Morgan fingerprint density at radius 1 is 1.18 bits per heavy atom. The van der Waals surface area contributed by atoms with Gasteiger partial charge in [-0.3, -0.25) is 0 Å². The van der Waals surface area contributed by atoms with Crippen molar-refractivity contribution in [3.8, 4) is 6.07 Å². The Balaban J connectivity index is 2.16. The summed E-state index contributed by atoms with van der Waals surface area (Å²) in [6, 6.07) is 10.2. The van der Waals surface area contributed by atoms with Gasteiger partial charge in [-0.1, -0.05) is 30.3 Å². The van der Waals surface area contributed by atoms with Gasteiger partial charge in [-0.15, -0.1) is 0 Å². The lowest BCUT2D eigenvalue weighted by atomic mass is 9.99. The second-order valence-electron chi connectivity index (χ2n) is 4.79. The van der Waals surface area contributed by atoms with Gasteiger partial charge in [0.15, 0.2) is 18.5 Å². The van der Waals surface area contributed by atoms with Crippen LogP contribution in [0.5, 0.6) is 0 Å². The Bertz CT molecular complexity index is 558. The van der Waals surface area contributed by atoms with Crippen molar-refractivity contribution in [2.75, 3.05) is 0 Å². The number of carboxylic acids is 1. The lowest BCUT2D eigenvalue weighted by molar-refractivity contribution is -0.300. The molecule has 1 aromatic rings. The van der Waals surface area contributed by atoms with Gasteiger partial charge in [0.05, 0.1) is 6.07 Å². The van der Waals surface area contributed by atoms with Crippen LogP contribution >= 0.6 is 0 Å². The van der Waals surface area contributed by atoms with Crippen LogP contribution in [0.3, 0.4) is 0 Å². The predicted molar refractivity (Wildman–Crippen MR) is 70.2 cm³/mol. The number of ether oxygens (including phenoxy) is 2. The quantitative estimate of drug-likeness (QED) is 0.564. The number of hydrogen-bond acceptors (Lipinski definition) is 7. The van der Waals surface area contributed by atoms with Gasteiger partial charge in [0.2, 0.25) is 0 Å². The maximum atomic E-state index is 11.0. The highest BCUT2D eigenvalue weighted by Gasteiger charge is 2.48. The van der Waals surface area contributed by atoms with E-state index in [1.165, 1.54) is 0 Å². The molecule has 0 saturated carbocycles. The second-order valence-corrected chi connectivity index (χ2v) is 4.79. The molecule has 1 fully saturated rings. The van der Waals surface area contributed by atoms with Gasteiger partial charge in [-0.05, 0) is 5.56 Å². The van der Waals surface area contributed by atoms with Crippen molar-refractivity contribution >= 4 is 5.97 Å². The third-order valence-corrected chi connectivity index (χ3v) is 3.30. The van der Waals surface area contributed by atoms with E-state index < -0.39 is 42.8 Å². The molecular formula is C14H15NO7. The number of hydrogen-bond donors (Lipinski definition) is 4. The van der Waals surface area contributed by atoms with Crippen molar-refractivity contribution in [1.29, 1.82) is 5.26 Å². The summed E-state index contributed by atoms with van der Waals surface area (Å²) in [5.74, 6) is -1.51. The summed E-state index contributed by atoms with van der Waals surface area (Å²) in [6.45, 7) is 0. The molecule has 2 rings (SSSR count). The number of benzene rings is 1. The highest BCUT2D eigenvalue weighted by molar-refractivity contribution is 5.73. The first-order valence-corrected chi connectivity index (χ1v) is 6.48. The Morgan fingerprint density at radius 3 is 2.36 bits per heavy atom. The van der Waals surface area contributed by atoms with Crippen molar-refractivity contribution in [2.24, 2.45) is 0 Å². The van der Waals surface area contributed by atoms with E-state index in [0.29, 0.717) is 5.56 Å². The maximum Gasteiger partial charge on any atom is 0.335 e. The van der Waals surface area contributed by atoms with Gasteiger partial charge in [0.1, 0.15) is 18.3 Å². The Kier molecular flexibility index (Phi) is 5.07. The summed E-state index contributed by atoms with van der Waals surface area (Å²) >= 11 is 0. The lowest BCUT2D eigenvalue weighted by Crippen LogP contribution is -2.60. The molecule has 0 aliphatic carbocycles. The molecule has 118 valence electrons. The standard InChI is InChI=1S/C14H15NO7/c15-6-8(7-4-2-1-3-5-7)21-14-11(18)9(16)10(17)12(22-14)13(19)20/h1-5,8-12,14,16-18H,(H,19,20)/t8-,9+,10-,11+,12+,14-/m0/s1. The Labute approximate surface area is 125 Å². The minimum absolute atomic E-state index is 0.480. The number of rotatable bonds is 4. The zero-order valence-corrected chi connectivity index (χ0v) is 11.3. The molecule has 4 N–H and O–H groups in total. The van der Waals surface area contributed by atoms with Crippen molar-refractivity contribution < 1.29 is 34.7 Å². The summed E-state index contributed by atoms with van der Waals surface area (Å²) in [7, 11) is 0. The van der Waals surface area contributed by atoms with E-state index >= 15 is 0 Å². The van der Waals surface area contributed by atoms with Crippen LogP contribution < -0.4 is 0 Å². The lowest BCUT2D eigenvalue weighted by Gasteiger charge is -2.39. The smallest absolute Gasteiger partial charge is 0.335 e. The molecule has 0 amide bonds. The number of nitriles is 1. The molecule has 1 aromatic carbocycles. The van der Waals surface area contributed by atoms with Crippen molar-refractivity contribution in [3.05, 3.63) is 35.9 Å². The third kappa shape index (κ3) is 3.24. The van der Waals surface area contributed by atoms with E-state index in [1.807, 2.05) is 6.07 Å². The summed E-state index contributed by atoms with van der Waals surface area (Å²) in [5, 5.41) is 47.2. The Hall–Kier alpha value is -2.02. The number of carboxylic acid groups (broad SMARTS) is 1. The first-order chi connectivity index (χ1) is 10.5. The first kappa shape index (κ1) is 16.4. The molecular weight excluding hydrogens is 294 g/mol. The van der Waals surface area contributed by atoms with E-state index in [1.54, 1.807) is 30.3 Å². The van der Waals surface area contributed by atoms with Crippen LogP contribution in [0.25, 0.3) is 0 Å². The van der Waals surface area contributed by atoms with E-state index in [9.17, 15) is 20.1 Å². The predicted octanol–water partition coefficient (Wildman–Crippen LogP) is -0.840. The SMILES string of the molecule is N#C[C@H](O[C@H]1O[C@@H](C(=O)O)[C@@H](O)[C@@H](O)[C@H]1O)c1ccccc1. The fraction of sp³-hybridized carbons (Fsp3) is 0.429. The minimum atomic E-state index is -1.80. The minimum Gasteiger partial charge on any atom is -0.479 e. The van der Waals surface area contributed by atoms with Crippen LogP contribution in [0.2, 0.25) is 0 Å². The van der Waals surface area contributed by atoms with E-state index in [4.69, 9.17) is 19.8 Å². The number of aliphatic hydroxyl groups excluding tert-OH is 3. The first-order valence-electron chi connectivity index (χ1n) is 6.48. The summed E-state index contributed by atoms with van der Waals surface area (Å²) in [4.78, 5) is 11.0. The molecule has 8 heteroatoms. The molecule has 1 heterocycles. The molecule has 0 aromatic heterocycles. The Morgan fingerprint density at radius 2 is 1.82 bits per heavy atom. The highest BCUT2D eigenvalue weighted by atomic mass is 16.7. The van der Waals surface area contributed by atoms with Gasteiger partial charge < -0.3 is 29.9 Å². The van der Waals surface area contributed by atoms with Crippen LogP contribution in [-0.4, -0.2) is 57.1 Å². The van der Waals surface area contributed by atoms with Crippen LogP contribution in [-0.2, 0) is 14.3 Å². The molecule has 1 aliphatic heterocycles. The molecule has 6 atom stereocenters. The highest BCUT2D eigenvalue weighted by Crippen LogP contribution is 2.27. The number of carbonyl (C=O) groups is 1. The summed E-state index contributed by atoms with van der Waals surface area (Å²) < 4.78 is 10.2. The van der Waals surface area contributed by atoms with Gasteiger partial charge in [0, 0.05) is 0 Å².